The SMILES string of the molecule is CCNC(=NCc1cc(OC)c(OCC)c(OC)c1)N1CCN(C(C)C(F)(F)F)CC1.I. The Hall–Kier alpha value is -1.63. The number of halogens is 4. The quantitative estimate of drug-likeness (QED) is 0.290. The fourth-order valence-electron chi connectivity index (χ4n) is 3.43. The number of nitrogens with zero attached hydrogens (tertiary/aromatic N) is 3. The Morgan fingerprint density at radius 3 is 2.09 bits per heavy atom. The van der Waals surface area contributed by atoms with Crippen LogP contribution in [-0.2, 0) is 6.54 Å². The second-order valence-corrected chi connectivity index (χ2v) is 7.17. The number of nitrogens with one attached hydrogen (secondary N) is 1. The summed E-state index contributed by atoms with van der Waals surface area (Å²) in [4.78, 5) is 8.14. The summed E-state index contributed by atoms with van der Waals surface area (Å²) in [5, 5.41) is 3.23. The largest absolute Gasteiger partial charge is 0.493 e. The highest BCUT2D eigenvalue weighted by Crippen LogP contribution is 2.38. The van der Waals surface area contributed by atoms with Gasteiger partial charge in [-0.25, -0.2) is 4.99 Å². The summed E-state index contributed by atoms with van der Waals surface area (Å²) in [6, 6.07) is 2.26. The van der Waals surface area contributed by atoms with Crippen LogP contribution in [0.5, 0.6) is 17.2 Å². The first-order valence-electron chi connectivity index (χ1n) is 10.5. The molecule has 0 aromatic heterocycles. The number of hydrogen-bond donors (Lipinski definition) is 1. The van der Waals surface area contributed by atoms with Crippen LogP contribution in [0.1, 0.15) is 26.3 Å². The summed E-state index contributed by atoms with van der Waals surface area (Å²) in [5.74, 6) is 2.34. The molecule has 1 aromatic carbocycles. The molecule has 1 N–H and O–H groups in total. The highest BCUT2D eigenvalue weighted by Gasteiger charge is 2.41. The normalized spacial score (nSPS) is 16.2. The Morgan fingerprint density at radius 2 is 1.66 bits per heavy atom. The summed E-state index contributed by atoms with van der Waals surface area (Å²) >= 11 is 0. The van der Waals surface area contributed by atoms with E-state index in [4.69, 9.17) is 19.2 Å². The molecule has 1 unspecified atom stereocenters. The van der Waals surface area contributed by atoms with E-state index in [1.807, 2.05) is 30.9 Å². The second kappa shape index (κ2) is 13.2. The third kappa shape index (κ3) is 7.46. The van der Waals surface area contributed by atoms with Gasteiger partial charge in [0.05, 0.1) is 27.4 Å². The van der Waals surface area contributed by atoms with Gasteiger partial charge in [0.25, 0.3) is 0 Å². The Balaban J connectivity index is 0.00000512. The third-order valence-corrected chi connectivity index (χ3v) is 5.19. The molecule has 0 bridgehead atoms. The maximum atomic E-state index is 13.0. The number of rotatable bonds is 8. The fraction of sp³-hybridized carbons (Fsp3) is 0.667. The zero-order valence-electron chi connectivity index (χ0n) is 19.3. The molecule has 11 heteroatoms. The molecule has 0 spiro atoms. The van der Waals surface area contributed by atoms with E-state index in [-0.39, 0.29) is 24.0 Å². The molecule has 1 aromatic rings. The van der Waals surface area contributed by atoms with Gasteiger partial charge < -0.3 is 24.4 Å². The van der Waals surface area contributed by atoms with Gasteiger partial charge in [0.1, 0.15) is 6.04 Å². The molecule has 1 saturated heterocycles. The molecule has 184 valence electrons. The average molecular weight is 574 g/mol. The number of ether oxygens (including phenoxy) is 3. The van der Waals surface area contributed by atoms with Crippen LogP contribution in [-0.4, -0.2) is 81.5 Å². The Kier molecular flexibility index (Phi) is 11.7. The van der Waals surface area contributed by atoms with Crippen LogP contribution in [0.4, 0.5) is 13.2 Å². The van der Waals surface area contributed by atoms with Gasteiger partial charge >= 0.3 is 6.18 Å². The van der Waals surface area contributed by atoms with Crippen LogP contribution in [0.2, 0.25) is 0 Å². The van der Waals surface area contributed by atoms with Crippen molar-refractivity contribution >= 4 is 29.9 Å². The number of alkyl halides is 3. The first-order chi connectivity index (χ1) is 14.7. The molecule has 1 aliphatic rings. The lowest BCUT2D eigenvalue weighted by atomic mass is 10.2. The van der Waals surface area contributed by atoms with E-state index >= 15 is 0 Å². The van der Waals surface area contributed by atoms with Gasteiger partial charge in [0.15, 0.2) is 17.5 Å². The molecule has 0 amide bonds. The van der Waals surface area contributed by atoms with Crippen LogP contribution in [0.15, 0.2) is 17.1 Å². The summed E-state index contributed by atoms with van der Waals surface area (Å²) in [6.07, 6.45) is -4.22. The number of aliphatic imine (C=N–C) groups is 1. The highest BCUT2D eigenvalue weighted by atomic mass is 127. The van der Waals surface area contributed by atoms with E-state index in [1.54, 1.807) is 14.2 Å². The van der Waals surface area contributed by atoms with Crippen molar-refractivity contribution in [1.82, 2.24) is 15.1 Å². The predicted molar refractivity (Wildman–Crippen MR) is 130 cm³/mol. The van der Waals surface area contributed by atoms with Crippen molar-refractivity contribution in [3.05, 3.63) is 17.7 Å². The third-order valence-electron chi connectivity index (χ3n) is 5.19. The van der Waals surface area contributed by atoms with E-state index in [0.29, 0.717) is 69.1 Å². The van der Waals surface area contributed by atoms with Gasteiger partial charge in [-0.2, -0.15) is 13.2 Å². The molecule has 32 heavy (non-hydrogen) atoms. The van der Waals surface area contributed by atoms with E-state index in [9.17, 15) is 13.2 Å². The number of piperazine rings is 1. The minimum Gasteiger partial charge on any atom is -0.493 e. The van der Waals surface area contributed by atoms with Crippen LogP contribution in [0, 0.1) is 0 Å². The lowest BCUT2D eigenvalue weighted by Crippen LogP contribution is -2.56. The summed E-state index contributed by atoms with van der Waals surface area (Å²) in [5.41, 5.74) is 0.872. The molecule has 1 fully saturated rings. The van der Waals surface area contributed by atoms with Crippen LogP contribution < -0.4 is 19.5 Å². The fourth-order valence-corrected chi connectivity index (χ4v) is 3.43. The minimum atomic E-state index is -4.22. The Labute approximate surface area is 205 Å². The number of methoxy groups -OCH3 is 2. The predicted octanol–water partition coefficient (Wildman–Crippen LogP) is 3.75. The van der Waals surface area contributed by atoms with Gasteiger partial charge in [-0.3, -0.25) is 4.90 Å². The molecule has 2 rings (SSSR count). The molecule has 0 radical (unpaired) electrons. The highest BCUT2D eigenvalue weighted by molar-refractivity contribution is 14.0. The molecular weight excluding hydrogens is 540 g/mol. The molecular formula is C21H34F3IN4O3. The van der Waals surface area contributed by atoms with Crippen molar-refractivity contribution in [3.8, 4) is 17.2 Å². The lowest BCUT2D eigenvalue weighted by Gasteiger charge is -2.39. The lowest BCUT2D eigenvalue weighted by molar-refractivity contribution is -0.181. The molecule has 1 atom stereocenters. The maximum Gasteiger partial charge on any atom is 0.403 e. The molecule has 1 heterocycles. The van der Waals surface area contributed by atoms with E-state index in [0.717, 1.165) is 5.56 Å². The van der Waals surface area contributed by atoms with Crippen LogP contribution in [0.3, 0.4) is 0 Å². The molecule has 7 nitrogen and oxygen atoms in total. The minimum absolute atomic E-state index is 0. The Bertz CT molecular complexity index is 716. The molecule has 0 aliphatic carbocycles. The van der Waals surface area contributed by atoms with E-state index in [1.165, 1.54) is 11.8 Å². The number of benzene rings is 1. The molecule has 1 aliphatic heterocycles. The van der Waals surface area contributed by atoms with Crippen molar-refractivity contribution in [2.45, 2.75) is 39.5 Å². The van der Waals surface area contributed by atoms with Crippen molar-refractivity contribution < 1.29 is 27.4 Å². The first kappa shape index (κ1) is 28.4. The van der Waals surface area contributed by atoms with E-state index < -0.39 is 12.2 Å². The van der Waals surface area contributed by atoms with Crippen molar-refractivity contribution in [2.24, 2.45) is 4.99 Å². The number of hydrogen-bond acceptors (Lipinski definition) is 5. The smallest absolute Gasteiger partial charge is 0.403 e. The van der Waals surface area contributed by atoms with Gasteiger partial charge in [0.2, 0.25) is 5.75 Å². The standard InChI is InChI=1S/C21H33F3N4O3.HI/c1-6-25-20(28-10-8-27(9-11-28)15(3)21(22,23)24)26-14-16-12-17(29-4)19(31-7-2)18(13-16)30-5;/h12-13,15H,6-11,14H2,1-5H3,(H,25,26);1H. The molecule has 0 saturated carbocycles. The zero-order valence-corrected chi connectivity index (χ0v) is 21.6. The van der Waals surface area contributed by atoms with Gasteiger partial charge in [-0.1, -0.05) is 0 Å². The van der Waals surface area contributed by atoms with Crippen LogP contribution >= 0.6 is 24.0 Å². The van der Waals surface area contributed by atoms with Crippen LogP contribution in [0.25, 0.3) is 0 Å². The van der Waals surface area contributed by atoms with Gasteiger partial charge in [-0.05, 0) is 38.5 Å². The average Bonchev–Trinajstić information content (AvgIpc) is 2.76. The summed E-state index contributed by atoms with van der Waals surface area (Å²) in [6.45, 7) is 8.16. The first-order valence-corrected chi connectivity index (χ1v) is 10.5. The van der Waals surface area contributed by atoms with E-state index in [2.05, 4.69) is 5.32 Å². The van der Waals surface area contributed by atoms with Gasteiger partial charge in [-0.15, -0.1) is 24.0 Å². The maximum absolute atomic E-state index is 13.0. The Morgan fingerprint density at radius 1 is 1.09 bits per heavy atom. The monoisotopic (exact) mass is 574 g/mol. The second-order valence-electron chi connectivity index (χ2n) is 7.17. The number of guanidine groups is 1. The summed E-state index contributed by atoms with van der Waals surface area (Å²) in [7, 11) is 3.13. The summed E-state index contributed by atoms with van der Waals surface area (Å²) < 4.78 is 55.5. The van der Waals surface area contributed by atoms with Crippen molar-refractivity contribution in [3.63, 3.8) is 0 Å². The van der Waals surface area contributed by atoms with Crippen molar-refractivity contribution in [1.29, 1.82) is 0 Å². The van der Waals surface area contributed by atoms with Gasteiger partial charge in [0, 0.05) is 32.7 Å². The topological polar surface area (TPSA) is 58.6 Å². The van der Waals surface area contributed by atoms with Crippen molar-refractivity contribution in [2.75, 3.05) is 53.6 Å². The zero-order chi connectivity index (χ0) is 23.0.